The van der Waals surface area contributed by atoms with Crippen LogP contribution in [0.3, 0.4) is 0 Å². The van der Waals surface area contributed by atoms with Gasteiger partial charge < -0.3 is 15.0 Å². The number of hydrogen-bond donors (Lipinski definition) is 1. The van der Waals surface area contributed by atoms with E-state index < -0.39 is 6.10 Å². The molecule has 0 aliphatic carbocycles. The van der Waals surface area contributed by atoms with Crippen LogP contribution in [0.5, 0.6) is 5.75 Å². The fourth-order valence-corrected chi connectivity index (χ4v) is 2.45. The van der Waals surface area contributed by atoms with E-state index in [2.05, 4.69) is 11.4 Å². The van der Waals surface area contributed by atoms with Gasteiger partial charge in [0, 0.05) is 25.3 Å². The van der Waals surface area contributed by atoms with Gasteiger partial charge in [-0.1, -0.05) is 6.07 Å². The second kappa shape index (κ2) is 7.83. The Hall–Kier alpha value is -2.82. The van der Waals surface area contributed by atoms with Crippen molar-refractivity contribution in [2.24, 2.45) is 0 Å². The predicted octanol–water partition coefficient (Wildman–Crippen LogP) is 3.69. The minimum absolute atomic E-state index is 0.0488. The Balaban J connectivity index is 1.99. The minimum Gasteiger partial charge on any atom is -0.481 e. The zero-order chi connectivity index (χ0) is 18.6. The molecule has 0 aliphatic rings. The van der Waals surface area contributed by atoms with Crippen LogP contribution >= 0.6 is 0 Å². The molecule has 5 heteroatoms. The van der Waals surface area contributed by atoms with Crippen molar-refractivity contribution < 1.29 is 14.3 Å². The first-order valence-corrected chi connectivity index (χ1v) is 8.16. The Kier molecular flexibility index (Phi) is 5.80. The topological polar surface area (TPSA) is 58.6 Å². The molecule has 0 bridgehead atoms. The zero-order valence-electron chi connectivity index (χ0n) is 15.3. The van der Waals surface area contributed by atoms with E-state index in [9.17, 15) is 9.59 Å². The van der Waals surface area contributed by atoms with Gasteiger partial charge in [-0.2, -0.15) is 0 Å². The summed E-state index contributed by atoms with van der Waals surface area (Å²) in [6.45, 7) is 7.20. The van der Waals surface area contributed by atoms with E-state index in [4.69, 9.17) is 4.74 Å². The molecule has 1 unspecified atom stereocenters. The summed E-state index contributed by atoms with van der Waals surface area (Å²) in [5.41, 5.74) is 3.60. The lowest BCUT2D eigenvalue weighted by Crippen LogP contribution is -2.30. The van der Waals surface area contributed by atoms with Crippen LogP contribution in [0.4, 0.5) is 11.4 Å². The van der Waals surface area contributed by atoms with Crippen LogP contribution in [0.25, 0.3) is 0 Å². The number of nitrogens with one attached hydrogen (secondary N) is 1. The Labute approximate surface area is 148 Å². The maximum absolute atomic E-state index is 12.3. The van der Waals surface area contributed by atoms with Crippen LogP contribution < -0.4 is 15.0 Å². The number of nitrogens with zero attached hydrogens (tertiary/aromatic N) is 1. The Bertz CT molecular complexity index is 749. The molecule has 2 aromatic carbocycles. The van der Waals surface area contributed by atoms with Crippen LogP contribution in [-0.4, -0.2) is 25.0 Å². The molecule has 0 aliphatic heterocycles. The first-order chi connectivity index (χ1) is 11.8. The fourth-order valence-electron chi connectivity index (χ4n) is 2.45. The number of aryl methyl sites for hydroxylation is 2. The normalized spacial score (nSPS) is 11.6. The van der Waals surface area contributed by atoms with Gasteiger partial charge in [-0.3, -0.25) is 9.59 Å². The number of anilines is 2. The molecule has 2 aromatic rings. The number of ether oxygens (including phenoxy) is 1. The van der Waals surface area contributed by atoms with Gasteiger partial charge in [0.2, 0.25) is 5.91 Å². The minimum atomic E-state index is -0.624. The van der Waals surface area contributed by atoms with Crippen molar-refractivity contribution in [1.82, 2.24) is 0 Å². The van der Waals surface area contributed by atoms with Gasteiger partial charge in [0.25, 0.3) is 5.91 Å². The molecule has 5 nitrogen and oxygen atoms in total. The van der Waals surface area contributed by atoms with Crippen molar-refractivity contribution in [3.8, 4) is 5.75 Å². The van der Waals surface area contributed by atoms with Crippen LogP contribution in [0, 0.1) is 13.8 Å². The molecule has 0 radical (unpaired) electrons. The predicted molar refractivity (Wildman–Crippen MR) is 100 cm³/mol. The smallest absolute Gasteiger partial charge is 0.265 e. The summed E-state index contributed by atoms with van der Waals surface area (Å²) in [5.74, 6) is 0.401. The largest absolute Gasteiger partial charge is 0.481 e. The zero-order valence-corrected chi connectivity index (χ0v) is 15.3. The molecule has 25 heavy (non-hydrogen) atoms. The highest BCUT2D eigenvalue weighted by Crippen LogP contribution is 2.19. The molecule has 0 fully saturated rings. The van der Waals surface area contributed by atoms with Crippen molar-refractivity contribution in [2.75, 3.05) is 17.3 Å². The van der Waals surface area contributed by atoms with E-state index in [1.165, 1.54) is 11.8 Å². The molecule has 2 rings (SSSR count). The van der Waals surface area contributed by atoms with Crippen molar-refractivity contribution >= 4 is 23.2 Å². The molecule has 0 saturated heterocycles. The molecule has 1 atom stereocenters. The molecule has 0 spiro atoms. The molecule has 0 aromatic heterocycles. The average molecular weight is 340 g/mol. The van der Waals surface area contributed by atoms with E-state index in [0.29, 0.717) is 11.4 Å². The third-order valence-electron chi connectivity index (χ3n) is 3.87. The number of rotatable bonds is 5. The SMILES string of the molecule is CC(=O)N(C)c1ccc(NC(=O)C(C)Oc2cc(C)cc(C)c2)cc1. The van der Waals surface area contributed by atoms with Gasteiger partial charge in [0.1, 0.15) is 5.75 Å². The third-order valence-corrected chi connectivity index (χ3v) is 3.87. The lowest BCUT2D eigenvalue weighted by Gasteiger charge is -2.17. The highest BCUT2D eigenvalue weighted by atomic mass is 16.5. The lowest BCUT2D eigenvalue weighted by atomic mass is 10.1. The van der Waals surface area contributed by atoms with E-state index in [1.54, 1.807) is 38.2 Å². The van der Waals surface area contributed by atoms with Crippen LogP contribution in [0.15, 0.2) is 42.5 Å². The average Bonchev–Trinajstić information content (AvgIpc) is 2.53. The standard InChI is InChI=1S/C20H24N2O3/c1-13-10-14(2)12-19(11-13)25-15(3)20(24)21-17-6-8-18(9-7-17)22(5)16(4)23/h6-12,15H,1-5H3,(H,21,24). The first kappa shape index (κ1) is 18.5. The molecule has 132 valence electrons. The number of benzene rings is 2. The summed E-state index contributed by atoms with van der Waals surface area (Å²) >= 11 is 0. The summed E-state index contributed by atoms with van der Waals surface area (Å²) in [7, 11) is 1.70. The maximum Gasteiger partial charge on any atom is 0.265 e. The second-order valence-corrected chi connectivity index (χ2v) is 6.20. The Morgan fingerprint density at radius 2 is 1.60 bits per heavy atom. The van der Waals surface area contributed by atoms with Crippen LogP contribution in [0.1, 0.15) is 25.0 Å². The van der Waals surface area contributed by atoms with Crippen molar-refractivity contribution in [3.05, 3.63) is 53.6 Å². The highest BCUT2D eigenvalue weighted by molar-refractivity contribution is 5.95. The maximum atomic E-state index is 12.3. The summed E-state index contributed by atoms with van der Waals surface area (Å²) in [6, 6.07) is 13.0. The van der Waals surface area contributed by atoms with Crippen molar-refractivity contribution in [2.45, 2.75) is 33.8 Å². The second-order valence-electron chi connectivity index (χ2n) is 6.20. The van der Waals surface area contributed by atoms with E-state index in [1.807, 2.05) is 26.0 Å². The number of amides is 2. The van der Waals surface area contributed by atoms with Gasteiger partial charge in [0.05, 0.1) is 0 Å². The Morgan fingerprint density at radius 3 is 2.12 bits per heavy atom. The summed E-state index contributed by atoms with van der Waals surface area (Å²) in [5, 5.41) is 2.82. The molecule has 0 heterocycles. The number of carbonyl (C=O) groups excluding carboxylic acids is 2. The van der Waals surface area contributed by atoms with Crippen molar-refractivity contribution in [3.63, 3.8) is 0 Å². The van der Waals surface area contributed by atoms with Gasteiger partial charge in [0.15, 0.2) is 6.10 Å². The molecular weight excluding hydrogens is 316 g/mol. The highest BCUT2D eigenvalue weighted by Gasteiger charge is 2.15. The van der Waals surface area contributed by atoms with Gasteiger partial charge in [-0.25, -0.2) is 0 Å². The third kappa shape index (κ3) is 5.08. The van der Waals surface area contributed by atoms with E-state index >= 15 is 0 Å². The summed E-state index contributed by atoms with van der Waals surface area (Å²) in [6.07, 6.45) is -0.624. The van der Waals surface area contributed by atoms with Crippen LogP contribution in [0.2, 0.25) is 0 Å². The molecule has 1 N–H and O–H groups in total. The number of hydrogen-bond acceptors (Lipinski definition) is 3. The molecular formula is C20H24N2O3. The van der Waals surface area contributed by atoms with Gasteiger partial charge in [-0.15, -0.1) is 0 Å². The summed E-state index contributed by atoms with van der Waals surface area (Å²) in [4.78, 5) is 25.2. The molecule has 2 amide bonds. The van der Waals surface area contributed by atoms with Gasteiger partial charge in [-0.05, 0) is 68.3 Å². The van der Waals surface area contributed by atoms with Gasteiger partial charge >= 0.3 is 0 Å². The van der Waals surface area contributed by atoms with Crippen molar-refractivity contribution in [1.29, 1.82) is 0 Å². The first-order valence-electron chi connectivity index (χ1n) is 8.16. The Morgan fingerprint density at radius 1 is 1.04 bits per heavy atom. The van der Waals surface area contributed by atoms with E-state index in [0.717, 1.165) is 16.8 Å². The quantitative estimate of drug-likeness (QED) is 0.903. The van der Waals surface area contributed by atoms with Crippen LogP contribution in [-0.2, 0) is 9.59 Å². The fraction of sp³-hybridized carbons (Fsp3) is 0.300. The summed E-state index contributed by atoms with van der Waals surface area (Å²) < 4.78 is 5.74. The lowest BCUT2D eigenvalue weighted by molar-refractivity contribution is -0.122. The molecule has 0 saturated carbocycles. The van der Waals surface area contributed by atoms with E-state index in [-0.39, 0.29) is 11.8 Å². The monoisotopic (exact) mass is 340 g/mol. The number of carbonyl (C=O) groups is 2.